The summed E-state index contributed by atoms with van der Waals surface area (Å²) in [7, 11) is 3.96. The van der Waals surface area contributed by atoms with E-state index < -0.39 is 5.91 Å². The number of carbonyl (C=O) groups is 1. The lowest BCUT2D eigenvalue weighted by molar-refractivity contribution is 0.100. The van der Waals surface area contributed by atoms with Gasteiger partial charge < -0.3 is 21.7 Å². The first-order chi connectivity index (χ1) is 9.47. The van der Waals surface area contributed by atoms with Gasteiger partial charge in [0.2, 0.25) is 0 Å². The van der Waals surface area contributed by atoms with Gasteiger partial charge in [0.1, 0.15) is 0 Å². The molecular formula is C15H18N4O. The molecule has 1 amide bonds. The van der Waals surface area contributed by atoms with Crippen LogP contribution in [0.3, 0.4) is 0 Å². The van der Waals surface area contributed by atoms with E-state index >= 15 is 0 Å². The predicted octanol–water partition coefficient (Wildman–Crippen LogP) is 2.18. The van der Waals surface area contributed by atoms with Gasteiger partial charge >= 0.3 is 0 Å². The van der Waals surface area contributed by atoms with Crippen molar-refractivity contribution in [2.75, 3.05) is 30.0 Å². The first-order valence-electron chi connectivity index (χ1n) is 6.21. The summed E-state index contributed by atoms with van der Waals surface area (Å²) >= 11 is 0. The van der Waals surface area contributed by atoms with Crippen LogP contribution < -0.4 is 21.7 Å². The first-order valence-corrected chi connectivity index (χ1v) is 6.21. The van der Waals surface area contributed by atoms with Gasteiger partial charge in [0.05, 0.1) is 5.56 Å². The van der Waals surface area contributed by atoms with Crippen molar-refractivity contribution in [1.82, 2.24) is 0 Å². The van der Waals surface area contributed by atoms with Crippen LogP contribution in [0.4, 0.5) is 22.7 Å². The van der Waals surface area contributed by atoms with Gasteiger partial charge in [0, 0.05) is 36.8 Å². The molecule has 0 aromatic heterocycles. The van der Waals surface area contributed by atoms with Crippen LogP contribution in [-0.2, 0) is 0 Å². The van der Waals surface area contributed by atoms with Crippen molar-refractivity contribution in [3.05, 3.63) is 48.0 Å². The second kappa shape index (κ2) is 5.52. The number of rotatable bonds is 4. The van der Waals surface area contributed by atoms with Crippen molar-refractivity contribution in [1.29, 1.82) is 0 Å². The van der Waals surface area contributed by atoms with E-state index in [1.807, 2.05) is 49.3 Å². The van der Waals surface area contributed by atoms with Crippen molar-refractivity contribution in [2.24, 2.45) is 5.73 Å². The lowest BCUT2D eigenvalue weighted by atomic mass is 10.1. The minimum atomic E-state index is -0.534. The number of amides is 1. The molecule has 0 spiro atoms. The van der Waals surface area contributed by atoms with Crippen molar-refractivity contribution in [3.8, 4) is 0 Å². The predicted molar refractivity (Wildman–Crippen MR) is 83.4 cm³/mol. The number of hydrogen-bond donors (Lipinski definition) is 3. The number of nitrogen functional groups attached to an aromatic ring is 1. The zero-order chi connectivity index (χ0) is 14.7. The van der Waals surface area contributed by atoms with Crippen LogP contribution in [0.2, 0.25) is 0 Å². The SMILES string of the molecule is CN(C)c1cccc(Nc2ccc(N)c(C(N)=O)c2)c1. The summed E-state index contributed by atoms with van der Waals surface area (Å²) in [5.41, 5.74) is 14.5. The Labute approximate surface area is 118 Å². The van der Waals surface area contributed by atoms with Gasteiger partial charge in [-0.1, -0.05) is 6.07 Å². The summed E-state index contributed by atoms with van der Waals surface area (Å²) in [6, 6.07) is 13.1. The standard InChI is InChI=1S/C15H18N4O/c1-19(2)12-5-3-4-10(8-12)18-11-6-7-14(16)13(9-11)15(17)20/h3-9,18H,16H2,1-2H3,(H2,17,20). The van der Waals surface area contributed by atoms with Crippen molar-refractivity contribution in [2.45, 2.75) is 0 Å². The quantitative estimate of drug-likeness (QED) is 0.743. The molecule has 0 radical (unpaired) electrons. The molecule has 0 saturated heterocycles. The maximum Gasteiger partial charge on any atom is 0.250 e. The average Bonchev–Trinajstić information content (AvgIpc) is 2.41. The first kappa shape index (κ1) is 13.7. The highest BCUT2D eigenvalue weighted by atomic mass is 16.1. The van der Waals surface area contributed by atoms with E-state index in [0.29, 0.717) is 11.3 Å². The van der Waals surface area contributed by atoms with Crippen LogP contribution in [0.1, 0.15) is 10.4 Å². The molecular weight excluding hydrogens is 252 g/mol. The second-order valence-electron chi connectivity index (χ2n) is 4.74. The molecule has 0 bridgehead atoms. The molecule has 0 aliphatic carbocycles. The zero-order valence-corrected chi connectivity index (χ0v) is 11.6. The normalized spacial score (nSPS) is 10.1. The highest BCUT2D eigenvalue weighted by Gasteiger charge is 2.07. The van der Waals surface area contributed by atoms with E-state index in [1.54, 1.807) is 12.1 Å². The Morgan fingerprint density at radius 2 is 1.80 bits per heavy atom. The smallest absolute Gasteiger partial charge is 0.250 e. The Morgan fingerprint density at radius 3 is 2.45 bits per heavy atom. The van der Waals surface area contributed by atoms with Crippen LogP contribution >= 0.6 is 0 Å². The third-order valence-corrected chi connectivity index (χ3v) is 2.97. The lowest BCUT2D eigenvalue weighted by Gasteiger charge is -2.15. The zero-order valence-electron chi connectivity index (χ0n) is 11.6. The topological polar surface area (TPSA) is 84.4 Å². The maximum atomic E-state index is 11.3. The summed E-state index contributed by atoms with van der Waals surface area (Å²) in [6.07, 6.45) is 0. The van der Waals surface area contributed by atoms with Crippen LogP contribution in [-0.4, -0.2) is 20.0 Å². The molecule has 2 aromatic carbocycles. The van der Waals surface area contributed by atoms with Gasteiger partial charge in [-0.05, 0) is 36.4 Å². The highest BCUT2D eigenvalue weighted by Crippen LogP contribution is 2.24. The Balaban J connectivity index is 2.28. The van der Waals surface area contributed by atoms with E-state index in [1.165, 1.54) is 0 Å². The average molecular weight is 270 g/mol. The van der Waals surface area contributed by atoms with E-state index in [4.69, 9.17) is 11.5 Å². The number of nitrogens with zero attached hydrogens (tertiary/aromatic N) is 1. The molecule has 5 nitrogen and oxygen atoms in total. The Bertz CT molecular complexity index is 638. The minimum absolute atomic E-state index is 0.318. The molecule has 0 heterocycles. The fourth-order valence-electron chi connectivity index (χ4n) is 1.88. The molecule has 0 fully saturated rings. The monoisotopic (exact) mass is 270 g/mol. The molecule has 0 atom stereocenters. The van der Waals surface area contributed by atoms with Gasteiger partial charge in [0.25, 0.3) is 5.91 Å². The van der Waals surface area contributed by atoms with Crippen molar-refractivity contribution < 1.29 is 4.79 Å². The van der Waals surface area contributed by atoms with Gasteiger partial charge in [0.15, 0.2) is 0 Å². The number of carbonyl (C=O) groups excluding carboxylic acids is 1. The Morgan fingerprint density at radius 1 is 1.10 bits per heavy atom. The van der Waals surface area contributed by atoms with Crippen LogP contribution in [0.25, 0.3) is 0 Å². The Hall–Kier alpha value is -2.69. The molecule has 20 heavy (non-hydrogen) atoms. The highest BCUT2D eigenvalue weighted by molar-refractivity contribution is 5.99. The number of anilines is 4. The summed E-state index contributed by atoms with van der Waals surface area (Å²) in [5, 5.41) is 3.23. The fourth-order valence-corrected chi connectivity index (χ4v) is 1.88. The number of hydrogen-bond acceptors (Lipinski definition) is 4. The largest absolute Gasteiger partial charge is 0.398 e. The molecule has 104 valence electrons. The van der Waals surface area contributed by atoms with Gasteiger partial charge in [-0.15, -0.1) is 0 Å². The van der Waals surface area contributed by atoms with Crippen molar-refractivity contribution >= 4 is 28.7 Å². The number of nitrogens with two attached hydrogens (primary N) is 2. The summed E-state index contributed by atoms with van der Waals surface area (Å²) in [4.78, 5) is 13.3. The van der Waals surface area contributed by atoms with Gasteiger partial charge in [-0.25, -0.2) is 0 Å². The van der Waals surface area contributed by atoms with E-state index in [9.17, 15) is 4.79 Å². The van der Waals surface area contributed by atoms with Crippen LogP contribution in [0.5, 0.6) is 0 Å². The fraction of sp³-hybridized carbons (Fsp3) is 0.133. The van der Waals surface area contributed by atoms with Gasteiger partial charge in [-0.2, -0.15) is 0 Å². The third kappa shape index (κ3) is 3.00. The summed E-state index contributed by atoms with van der Waals surface area (Å²) in [5.74, 6) is -0.534. The second-order valence-corrected chi connectivity index (χ2v) is 4.74. The van der Waals surface area contributed by atoms with E-state index in [-0.39, 0.29) is 0 Å². The molecule has 2 rings (SSSR count). The van der Waals surface area contributed by atoms with E-state index in [0.717, 1.165) is 17.1 Å². The molecule has 5 heteroatoms. The maximum absolute atomic E-state index is 11.3. The number of benzene rings is 2. The number of nitrogens with one attached hydrogen (secondary N) is 1. The van der Waals surface area contributed by atoms with Gasteiger partial charge in [-0.3, -0.25) is 4.79 Å². The molecule has 0 aliphatic rings. The number of primary amides is 1. The third-order valence-electron chi connectivity index (χ3n) is 2.97. The minimum Gasteiger partial charge on any atom is -0.398 e. The van der Waals surface area contributed by atoms with E-state index in [2.05, 4.69) is 5.32 Å². The molecule has 0 aliphatic heterocycles. The molecule has 5 N–H and O–H groups in total. The summed E-state index contributed by atoms with van der Waals surface area (Å²) in [6.45, 7) is 0. The molecule has 0 saturated carbocycles. The van der Waals surface area contributed by atoms with Crippen molar-refractivity contribution in [3.63, 3.8) is 0 Å². The van der Waals surface area contributed by atoms with Crippen LogP contribution in [0, 0.1) is 0 Å². The molecule has 0 unspecified atom stereocenters. The Kier molecular flexibility index (Phi) is 3.79. The lowest BCUT2D eigenvalue weighted by Crippen LogP contribution is -2.13. The van der Waals surface area contributed by atoms with Crippen LogP contribution in [0.15, 0.2) is 42.5 Å². The summed E-state index contributed by atoms with van der Waals surface area (Å²) < 4.78 is 0. The molecule has 2 aromatic rings.